The maximum Gasteiger partial charge on any atom is 0.267 e. The number of nitrogens with zero attached hydrogens (tertiary/aromatic N) is 1. The summed E-state index contributed by atoms with van der Waals surface area (Å²) in [6.07, 6.45) is 0. The van der Waals surface area contributed by atoms with Crippen LogP contribution in [0, 0.1) is 5.82 Å². The maximum atomic E-state index is 14.3. The molecule has 34 heavy (non-hydrogen) atoms. The van der Waals surface area contributed by atoms with Crippen LogP contribution >= 0.6 is 11.6 Å². The van der Waals surface area contributed by atoms with Gasteiger partial charge in [0.05, 0.1) is 5.39 Å². The van der Waals surface area contributed by atoms with E-state index in [1.165, 1.54) is 19.1 Å². The van der Waals surface area contributed by atoms with Crippen LogP contribution in [-0.2, 0) is 4.79 Å². The van der Waals surface area contributed by atoms with E-state index >= 15 is 0 Å². The SMILES string of the molecule is CC(=O)Nc1ccc(-c2cccc(Oc3noc4cc(-c5cc(Cl)ccc5F)ccc34)c2)cc1. The van der Waals surface area contributed by atoms with Gasteiger partial charge >= 0.3 is 0 Å². The van der Waals surface area contributed by atoms with Gasteiger partial charge in [0.25, 0.3) is 5.88 Å². The van der Waals surface area contributed by atoms with Gasteiger partial charge in [0.1, 0.15) is 11.6 Å². The van der Waals surface area contributed by atoms with E-state index < -0.39 is 0 Å². The number of hydrogen-bond donors (Lipinski definition) is 1. The van der Waals surface area contributed by atoms with Gasteiger partial charge in [-0.25, -0.2) is 4.39 Å². The van der Waals surface area contributed by atoms with E-state index in [0.717, 1.165) is 16.8 Å². The van der Waals surface area contributed by atoms with E-state index in [2.05, 4.69) is 10.5 Å². The number of benzene rings is 4. The summed E-state index contributed by atoms with van der Waals surface area (Å²) in [6.45, 7) is 1.47. The number of carbonyl (C=O) groups excluding carboxylic acids is 1. The molecule has 0 radical (unpaired) electrons. The molecule has 0 fully saturated rings. The van der Waals surface area contributed by atoms with Gasteiger partial charge in [0, 0.05) is 23.2 Å². The number of fused-ring (bicyclic) bond motifs is 1. The first-order chi connectivity index (χ1) is 16.5. The van der Waals surface area contributed by atoms with Crippen molar-refractivity contribution in [3.05, 3.63) is 95.8 Å². The van der Waals surface area contributed by atoms with Crippen molar-refractivity contribution in [3.63, 3.8) is 0 Å². The van der Waals surface area contributed by atoms with Crippen LogP contribution in [0.25, 0.3) is 33.2 Å². The van der Waals surface area contributed by atoms with Crippen molar-refractivity contribution in [1.29, 1.82) is 0 Å². The third kappa shape index (κ3) is 4.49. The van der Waals surface area contributed by atoms with E-state index in [0.29, 0.717) is 38.7 Å². The summed E-state index contributed by atoms with van der Waals surface area (Å²) in [7, 11) is 0. The average Bonchev–Trinajstić information content (AvgIpc) is 3.23. The molecule has 1 amide bonds. The van der Waals surface area contributed by atoms with E-state index in [1.807, 2.05) is 48.5 Å². The lowest BCUT2D eigenvalue weighted by Crippen LogP contribution is -2.05. The summed E-state index contributed by atoms with van der Waals surface area (Å²) in [5, 5.41) is 7.91. The lowest BCUT2D eigenvalue weighted by Gasteiger charge is -2.08. The molecule has 1 aromatic heterocycles. The number of ether oxygens (including phenoxy) is 1. The average molecular weight is 473 g/mol. The fourth-order valence-electron chi connectivity index (χ4n) is 3.67. The van der Waals surface area contributed by atoms with Crippen molar-refractivity contribution in [2.75, 3.05) is 5.32 Å². The number of amides is 1. The number of halogens is 2. The van der Waals surface area contributed by atoms with E-state index in [9.17, 15) is 9.18 Å². The molecule has 5 aromatic rings. The number of nitrogens with one attached hydrogen (secondary N) is 1. The molecule has 1 heterocycles. The maximum absolute atomic E-state index is 14.3. The summed E-state index contributed by atoms with van der Waals surface area (Å²) >= 11 is 6.02. The Labute approximate surface area is 199 Å². The topological polar surface area (TPSA) is 64.4 Å². The predicted molar refractivity (Wildman–Crippen MR) is 131 cm³/mol. The molecule has 0 aliphatic carbocycles. The first-order valence-electron chi connectivity index (χ1n) is 10.5. The van der Waals surface area contributed by atoms with Gasteiger partial charge in [-0.15, -0.1) is 0 Å². The van der Waals surface area contributed by atoms with Crippen LogP contribution in [0.1, 0.15) is 6.92 Å². The molecular weight excluding hydrogens is 455 g/mol. The molecule has 168 valence electrons. The number of carbonyl (C=O) groups is 1. The molecule has 0 spiro atoms. The molecule has 7 heteroatoms. The summed E-state index contributed by atoms with van der Waals surface area (Å²) in [4.78, 5) is 11.2. The van der Waals surface area contributed by atoms with Gasteiger partial charge in [0.15, 0.2) is 5.58 Å². The van der Waals surface area contributed by atoms with Gasteiger partial charge in [-0.3, -0.25) is 4.79 Å². The minimum Gasteiger partial charge on any atom is -0.436 e. The summed E-state index contributed by atoms with van der Waals surface area (Å²) < 4.78 is 25.7. The Morgan fingerprint density at radius 2 is 1.74 bits per heavy atom. The summed E-state index contributed by atoms with van der Waals surface area (Å²) in [6, 6.07) is 24.8. The normalized spacial score (nSPS) is 10.9. The smallest absolute Gasteiger partial charge is 0.267 e. The molecule has 5 rings (SSSR count). The standard InChI is InChI=1S/C27H18ClFN2O3/c1-16(32)30-21-9-5-17(6-10-21)18-3-2-4-22(13-18)33-27-23-11-7-19(14-26(23)34-31-27)24-15-20(28)8-12-25(24)29/h2-15H,1H3,(H,30,32). The van der Waals surface area contributed by atoms with Crippen molar-refractivity contribution in [1.82, 2.24) is 5.16 Å². The zero-order valence-corrected chi connectivity index (χ0v) is 18.8. The molecule has 0 unspecified atom stereocenters. The largest absolute Gasteiger partial charge is 0.436 e. The zero-order chi connectivity index (χ0) is 23.7. The molecule has 4 aromatic carbocycles. The first kappa shape index (κ1) is 21.7. The Bertz CT molecular complexity index is 1510. The van der Waals surface area contributed by atoms with Crippen molar-refractivity contribution in [2.45, 2.75) is 6.92 Å². The lowest BCUT2D eigenvalue weighted by molar-refractivity contribution is -0.114. The Morgan fingerprint density at radius 1 is 0.941 bits per heavy atom. The predicted octanol–water partition coefficient (Wildman–Crippen LogP) is 7.71. The molecule has 0 aliphatic rings. The molecule has 5 nitrogen and oxygen atoms in total. The highest BCUT2D eigenvalue weighted by Gasteiger charge is 2.14. The van der Waals surface area contributed by atoms with Crippen LogP contribution in [0.4, 0.5) is 10.1 Å². The number of aromatic nitrogens is 1. The second-order valence-electron chi connectivity index (χ2n) is 7.71. The van der Waals surface area contributed by atoms with E-state index in [1.54, 1.807) is 24.3 Å². The van der Waals surface area contributed by atoms with Crippen LogP contribution in [-0.4, -0.2) is 11.1 Å². The van der Waals surface area contributed by atoms with Crippen LogP contribution in [0.5, 0.6) is 11.6 Å². The number of rotatable bonds is 5. The molecule has 1 N–H and O–H groups in total. The Balaban J connectivity index is 1.40. The highest BCUT2D eigenvalue weighted by Crippen LogP contribution is 2.35. The van der Waals surface area contributed by atoms with E-state index in [-0.39, 0.29) is 11.7 Å². The first-order valence-corrected chi connectivity index (χ1v) is 10.8. The molecule has 0 bridgehead atoms. The Kier molecular flexibility index (Phi) is 5.74. The Hall–Kier alpha value is -4.16. The van der Waals surface area contributed by atoms with Crippen molar-refractivity contribution < 1.29 is 18.4 Å². The van der Waals surface area contributed by atoms with Gasteiger partial charge < -0.3 is 14.6 Å². The Morgan fingerprint density at radius 3 is 2.53 bits per heavy atom. The quantitative estimate of drug-likeness (QED) is 0.284. The fraction of sp³-hybridized carbons (Fsp3) is 0.0370. The highest BCUT2D eigenvalue weighted by atomic mass is 35.5. The van der Waals surface area contributed by atoms with Crippen LogP contribution in [0.3, 0.4) is 0 Å². The minimum absolute atomic E-state index is 0.118. The zero-order valence-electron chi connectivity index (χ0n) is 18.0. The molecular formula is C27H18ClFN2O3. The van der Waals surface area contributed by atoms with Crippen molar-refractivity contribution in [2.24, 2.45) is 0 Å². The van der Waals surface area contributed by atoms with Crippen LogP contribution in [0.15, 0.2) is 89.5 Å². The van der Waals surface area contributed by atoms with Gasteiger partial charge in [-0.05, 0) is 76.4 Å². The van der Waals surface area contributed by atoms with Gasteiger partial charge in [-0.1, -0.05) is 41.9 Å². The minimum atomic E-state index is -0.373. The molecule has 0 saturated heterocycles. The van der Waals surface area contributed by atoms with Crippen molar-refractivity contribution >= 4 is 34.2 Å². The van der Waals surface area contributed by atoms with Gasteiger partial charge in [-0.2, -0.15) is 0 Å². The highest BCUT2D eigenvalue weighted by molar-refractivity contribution is 6.30. The second kappa shape index (κ2) is 9.00. The molecule has 0 saturated carbocycles. The summed E-state index contributed by atoms with van der Waals surface area (Å²) in [5.74, 6) is 0.407. The fourth-order valence-corrected chi connectivity index (χ4v) is 3.85. The molecule has 0 aliphatic heterocycles. The summed E-state index contributed by atoms with van der Waals surface area (Å²) in [5.41, 5.74) is 4.12. The van der Waals surface area contributed by atoms with Gasteiger partial charge in [0.2, 0.25) is 5.91 Å². The molecule has 0 atom stereocenters. The van der Waals surface area contributed by atoms with Crippen molar-refractivity contribution in [3.8, 4) is 33.9 Å². The monoisotopic (exact) mass is 472 g/mol. The third-order valence-corrected chi connectivity index (χ3v) is 5.50. The van der Waals surface area contributed by atoms with E-state index in [4.69, 9.17) is 20.9 Å². The van der Waals surface area contributed by atoms with Crippen LogP contribution in [0.2, 0.25) is 5.02 Å². The van der Waals surface area contributed by atoms with Crippen LogP contribution < -0.4 is 10.1 Å². The number of anilines is 1. The lowest BCUT2D eigenvalue weighted by atomic mass is 10.0. The number of hydrogen-bond acceptors (Lipinski definition) is 4. The third-order valence-electron chi connectivity index (χ3n) is 5.27. The second-order valence-corrected chi connectivity index (χ2v) is 8.15.